The first-order valence-corrected chi connectivity index (χ1v) is 21.0. The summed E-state index contributed by atoms with van der Waals surface area (Å²) in [5.74, 6) is -2.43. The molecule has 4 rings (SSSR count). The number of carbonyl (C=O) groups is 4. The standard InChI is InChI=1S/C39H53ClN4O8S2/c1-22-12-11-13-24(3)39(49)20-29(50-36(48)42-39)25(4)34-38(7,52-34)30(19-32(46)44(9)28-18-27(16-22)17-23(2)33(28)40)51-35(47)26(5)43(8)31(45)14-15-37(6,21-41)54-53-10/h11-13,17-18,24-26,29-30,34,49H,14-16,19-20H2,1-10H3,(H,42,48)/b13-11+,22-12+/t24-,25-,26-,29+,30?,34+,37?,38+,39+/m1/s1. The third-order valence-corrected chi connectivity index (χ3v) is 13.9. The number of hydrogen-bond acceptors (Lipinski definition) is 11. The van der Waals surface area contributed by atoms with Crippen LogP contribution in [-0.2, 0) is 35.0 Å². The molecule has 3 aliphatic heterocycles. The second kappa shape index (κ2) is 17.3. The average Bonchev–Trinajstić information content (AvgIpc) is 3.81. The van der Waals surface area contributed by atoms with Crippen LogP contribution in [0.15, 0.2) is 35.9 Å². The number of carbonyl (C=O) groups excluding carboxylic acids is 4. The number of anilines is 1. The van der Waals surface area contributed by atoms with E-state index in [1.54, 1.807) is 27.8 Å². The van der Waals surface area contributed by atoms with Crippen molar-refractivity contribution in [3.8, 4) is 6.07 Å². The van der Waals surface area contributed by atoms with Gasteiger partial charge in [-0.25, -0.2) is 9.59 Å². The van der Waals surface area contributed by atoms with Gasteiger partial charge in [0.05, 0.1) is 29.3 Å². The number of rotatable bonds is 8. The molecular weight excluding hydrogens is 752 g/mol. The van der Waals surface area contributed by atoms with Gasteiger partial charge >= 0.3 is 12.1 Å². The Balaban J connectivity index is 1.68. The molecule has 0 radical (unpaired) electrons. The van der Waals surface area contributed by atoms with E-state index in [0.29, 0.717) is 23.6 Å². The average molecular weight is 805 g/mol. The van der Waals surface area contributed by atoms with Crippen LogP contribution in [0.4, 0.5) is 10.5 Å². The van der Waals surface area contributed by atoms with E-state index in [1.807, 2.05) is 64.3 Å². The maximum atomic E-state index is 14.1. The van der Waals surface area contributed by atoms with Crippen LogP contribution in [0.3, 0.4) is 0 Å². The largest absolute Gasteiger partial charge is 0.457 e. The van der Waals surface area contributed by atoms with Gasteiger partial charge in [-0.3, -0.25) is 14.9 Å². The Bertz CT molecular complexity index is 1740. The molecule has 1 aromatic carbocycles. The number of ether oxygens (including phenoxy) is 3. The van der Waals surface area contributed by atoms with Crippen LogP contribution in [-0.4, -0.2) is 94.7 Å². The van der Waals surface area contributed by atoms with Gasteiger partial charge in [0.25, 0.3) is 0 Å². The minimum absolute atomic E-state index is 0.0448. The number of fused-ring (bicyclic) bond motifs is 5. The molecule has 3 heterocycles. The van der Waals surface area contributed by atoms with Gasteiger partial charge in [0.2, 0.25) is 11.8 Å². The minimum atomic E-state index is -1.61. The number of nitrogens with one attached hydrogen (secondary N) is 1. The van der Waals surface area contributed by atoms with Crippen molar-refractivity contribution in [3.63, 3.8) is 0 Å². The Morgan fingerprint density at radius 2 is 1.98 bits per heavy atom. The summed E-state index contributed by atoms with van der Waals surface area (Å²) in [7, 11) is 5.94. The zero-order chi connectivity index (χ0) is 40.3. The zero-order valence-corrected chi connectivity index (χ0v) is 35.1. The summed E-state index contributed by atoms with van der Waals surface area (Å²) in [5.41, 5.74) is 0.425. The Labute approximate surface area is 331 Å². The SMILES string of the molecule is CSSC(C)(C#N)CCC(=O)N(C)[C@H](C)C(=O)OC1CC(=O)N(C)c2cc(cc(C)c2Cl)C/C(C)=C/C=C/[C@@H](C)[C@@]2(O)C[C@H](OC(=O)N2)[C@@H](C)[C@@H]2O[C@@]12C. The van der Waals surface area contributed by atoms with Crippen LogP contribution in [0.2, 0.25) is 5.02 Å². The van der Waals surface area contributed by atoms with E-state index in [2.05, 4.69) is 11.4 Å². The number of nitriles is 1. The molecule has 3 amide bonds. The molecule has 12 nitrogen and oxygen atoms in total. The van der Waals surface area contributed by atoms with Gasteiger partial charge < -0.3 is 29.1 Å². The zero-order valence-electron chi connectivity index (χ0n) is 32.7. The Hall–Kier alpha value is -3.22. The van der Waals surface area contributed by atoms with Crippen LogP contribution in [0.1, 0.15) is 78.4 Å². The number of esters is 1. The monoisotopic (exact) mass is 804 g/mol. The van der Waals surface area contributed by atoms with Crippen molar-refractivity contribution in [1.82, 2.24) is 10.2 Å². The highest BCUT2D eigenvalue weighted by Crippen LogP contribution is 2.49. The summed E-state index contributed by atoms with van der Waals surface area (Å²) in [6, 6.07) is 5.06. The maximum absolute atomic E-state index is 14.1. The highest BCUT2D eigenvalue weighted by Gasteiger charge is 2.64. The quantitative estimate of drug-likeness (QED) is 0.168. The van der Waals surface area contributed by atoms with E-state index in [9.17, 15) is 29.5 Å². The number of hydrogen-bond donors (Lipinski definition) is 2. The van der Waals surface area contributed by atoms with Gasteiger partial charge in [0.1, 0.15) is 34.3 Å². The molecule has 3 aliphatic rings. The highest BCUT2D eigenvalue weighted by atomic mass is 35.5. The Kier molecular flexibility index (Phi) is 13.9. The predicted octanol–water partition coefficient (Wildman–Crippen LogP) is 6.51. The number of amides is 3. The normalized spacial score (nSPS) is 31.9. The van der Waals surface area contributed by atoms with Crippen molar-refractivity contribution in [3.05, 3.63) is 52.1 Å². The first-order valence-electron chi connectivity index (χ1n) is 18.1. The van der Waals surface area contributed by atoms with E-state index in [1.165, 1.54) is 38.4 Å². The Morgan fingerprint density at radius 3 is 2.63 bits per heavy atom. The molecule has 0 aliphatic carbocycles. The van der Waals surface area contributed by atoms with Crippen molar-refractivity contribution in [2.75, 3.05) is 25.3 Å². The van der Waals surface area contributed by atoms with Crippen LogP contribution in [0.25, 0.3) is 0 Å². The first-order chi connectivity index (χ1) is 25.2. The number of benzene rings is 1. The van der Waals surface area contributed by atoms with Gasteiger partial charge in [0.15, 0.2) is 0 Å². The van der Waals surface area contributed by atoms with Gasteiger partial charge in [-0.15, -0.1) is 0 Å². The minimum Gasteiger partial charge on any atom is -0.457 e. The van der Waals surface area contributed by atoms with Crippen molar-refractivity contribution in [2.24, 2.45) is 11.8 Å². The predicted molar refractivity (Wildman–Crippen MR) is 212 cm³/mol. The fraction of sp³-hybridized carbons (Fsp3) is 0.615. The van der Waals surface area contributed by atoms with E-state index < -0.39 is 70.2 Å². The lowest BCUT2D eigenvalue weighted by Crippen LogP contribution is -2.60. The molecule has 1 aromatic rings. The summed E-state index contributed by atoms with van der Waals surface area (Å²) < 4.78 is 17.3. The topological polar surface area (TPSA) is 162 Å². The molecule has 0 saturated carbocycles. The molecule has 9 atom stereocenters. The summed E-state index contributed by atoms with van der Waals surface area (Å²) in [4.78, 5) is 56.7. The molecule has 0 aromatic heterocycles. The molecule has 296 valence electrons. The second-order valence-electron chi connectivity index (χ2n) is 15.2. The van der Waals surface area contributed by atoms with Crippen LogP contribution in [0, 0.1) is 30.1 Å². The number of aryl methyl sites for hydroxylation is 1. The number of alkyl carbamates (subject to hydrolysis) is 1. The Morgan fingerprint density at radius 1 is 1.30 bits per heavy atom. The van der Waals surface area contributed by atoms with Crippen LogP contribution < -0.4 is 10.2 Å². The van der Waals surface area contributed by atoms with Crippen molar-refractivity contribution in [2.45, 2.75) is 121 Å². The number of nitrogens with zero attached hydrogens (tertiary/aromatic N) is 3. The van der Waals surface area contributed by atoms with Gasteiger partial charge in [-0.2, -0.15) is 5.26 Å². The van der Waals surface area contributed by atoms with Gasteiger partial charge in [-0.05, 0) is 70.9 Å². The molecular formula is C39H53ClN4O8S2. The molecule has 2 fully saturated rings. The highest BCUT2D eigenvalue weighted by molar-refractivity contribution is 8.77. The fourth-order valence-electron chi connectivity index (χ4n) is 6.98. The third-order valence-electron chi connectivity index (χ3n) is 11.0. The molecule has 2 unspecified atom stereocenters. The molecule has 0 spiro atoms. The number of likely N-dealkylation sites (N-methyl/N-ethyl adjacent to an activating group) is 1. The van der Waals surface area contributed by atoms with Gasteiger partial charge in [0, 0.05) is 38.8 Å². The number of halogens is 1. The van der Waals surface area contributed by atoms with Crippen molar-refractivity contribution >= 4 is 62.8 Å². The van der Waals surface area contributed by atoms with E-state index in [0.717, 1.165) is 16.7 Å². The van der Waals surface area contributed by atoms with Crippen molar-refractivity contribution in [1.29, 1.82) is 5.26 Å². The number of aliphatic hydroxyl groups is 1. The first kappa shape index (κ1) is 43.5. The smallest absolute Gasteiger partial charge is 0.409 e. The fourth-order valence-corrected chi connectivity index (χ4v) is 9.27. The van der Waals surface area contributed by atoms with Crippen LogP contribution >= 0.6 is 33.2 Å². The van der Waals surface area contributed by atoms with Crippen LogP contribution in [0.5, 0.6) is 0 Å². The molecule has 2 saturated heterocycles. The van der Waals surface area contributed by atoms with Crippen molar-refractivity contribution < 1.29 is 38.5 Å². The van der Waals surface area contributed by atoms with E-state index >= 15 is 0 Å². The molecule has 2 N–H and O–H groups in total. The number of allylic oxidation sites excluding steroid dienone is 3. The third kappa shape index (κ3) is 9.77. The van der Waals surface area contributed by atoms with E-state index in [-0.39, 0.29) is 25.2 Å². The van der Waals surface area contributed by atoms with Gasteiger partial charge in [-0.1, -0.05) is 76.9 Å². The molecule has 4 bridgehead atoms. The lowest BCUT2D eigenvalue weighted by molar-refractivity contribution is -0.162. The summed E-state index contributed by atoms with van der Waals surface area (Å²) in [6.45, 7) is 12.5. The lowest BCUT2D eigenvalue weighted by Gasteiger charge is -2.41. The van der Waals surface area contributed by atoms with E-state index in [4.69, 9.17) is 25.8 Å². The molecule has 54 heavy (non-hydrogen) atoms. The molecule has 15 heteroatoms. The summed E-state index contributed by atoms with van der Waals surface area (Å²) in [5, 5.41) is 24.3. The lowest BCUT2D eigenvalue weighted by atomic mass is 9.82. The second-order valence-corrected chi connectivity index (χ2v) is 18.5. The summed E-state index contributed by atoms with van der Waals surface area (Å²) >= 11 is 6.78. The summed E-state index contributed by atoms with van der Waals surface area (Å²) in [6.07, 6.45) is 4.87. The number of epoxide rings is 1. The maximum Gasteiger partial charge on any atom is 0.409 e.